The first-order valence-corrected chi connectivity index (χ1v) is 9.07. The molecular weight excluding hydrogens is 342 g/mol. The van der Waals surface area contributed by atoms with Crippen LogP contribution in [0.5, 0.6) is 0 Å². The van der Waals surface area contributed by atoms with Gasteiger partial charge < -0.3 is 9.64 Å². The minimum absolute atomic E-state index is 0.0710. The first-order valence-electron chi connectivity index (χ1n) is 9.07. The van der Waals surface area contributed by atoms with Gasteiger partial charge in [0.1, 0.15) is 0 Å². The predicted molar refractivity (Wildman–Crippen MR) is 101 cm³/mol. The number of rotatable bonds is 6. The molecule has 27 heavy (non-hydrogen) atoms. The van der Waals surface area contributed by atoms with Crippen LogP contribution in [0, 0.1) is 12.8 Å². The van der Waals surface area contributed by atoms with Gasteiger partial charge in [-0.2, -0.15) is 0 Å². The van der Waals surface area contributed by atoms with Crippen LogP contribution in [0.15, 0.2) is 54.6 Å². The Balaban J connectivity index is 1.57. The van der Waals surface area contributed by atoms with Gasteiger partial charge in [-0.15, -0.1) is 0 Å². The third-order valence-electron chi connectivity index (χ3n) is 4.76. The number of hydrogen-bond acceptors (Lipinski definition) is 4. The van der Waals surface area contributed by atoms with Crippen LogP contribution in [0.1, 0.15) is 34.8 Å². The van der Waals surface area contributed by atoms with Crippen LogP contribution < -0.4 is 0 Å². The van der Waals surface area contributed by atoms with Gasteiger partial charge >= 0.3 is 5.97 Å². The SMILES string of the molecule is Cc1ccc(C(=O)[C@@H](C)OC(=O)[C@H]2CC(=O)N(Cc3ccccc3)C2)cc1. The van der Waals surface area contributed by atoms with Crippen molar-refractivity contribution in [3.63, 3.8) is 0 Å². The lowest BCUT2D eigenvalue weighted by atomic mass is 10.1. The summed E-state index contributed by atoms with van der Waals surface area (Å²) in [6.45, 7) is 4.30. The molecule has 1 amide bonds. The number of carbonyl (C=O) groups is 3. The molecule has 1 aliphatic rings. The summed E-state index contributed by atoms with van der Waals surface area (Å²) in [5.74, 6) is -1.34. The molecule has 0 saturated carbocycles. The molecule has 0 aromatic heterocycles. The molecule has 0 N–H and O–H groups in total. The van der Waals surface area contributed by atoms with Crippen LogP contribution in [-0.2, 0) is 20.9 Å². The maximum absolute atomic E-state index is 12.4. The zero-order valence-electron chi connectivity index (χ0n) is 15.6. The van der Waals surface area contributed by atoms with Gasteiger partial charge in [0, 0.05) is 25.1 Å². The molecule has 2 atom stereocenters. The van der Waals surface area contributed by atoms with Crippen LogP contribution in [-0.4, -0.2) is 35.2 Å². The van der Waals surface area contributed by atoms with Crippen molar-refractivity contribution in [2.75, 3.05) is 6.54 Å². The standard InChI is InChI=1S/C22H23NO4/c1-15-8-10-18(11-9-15)21(25)16(2)27-22(26)19-12-20(24)23(14-19)13-17-6-4-3-5-7-17/h3-11,16,19H,12-14H2,1-2H3/t16-,19+/m1/s1. The van der Waals surface area contributed by atoms with E-state index < -0.39 is 18.0 Å². The number of Topliss-reactive ketones (excluding diaryl/α,β-unsaturated/α-hetero) is 1. The zero-order chi connectivity index (χ0) is 19.4. The third-order valence-corrected chi connectivity index (χ3v) is 4.76. The highest BCUT2D eigenvalue weighted by atomic mass is 16.5. The van der Waals surface area contributed by atoms with Crippen LogP contribution >= 0.6 is 0 Å². The fourth-order valence-electron chi connectivity index (χ4n) is 3.16. The van der Waals surface area contributed by atoms with E-state index in [9.17, 15) is 14.4 Å². The minimum atomic E-state index is -0.876. The Morgan fingerprint density at radius 1 is 1.11 bits per heavy atom. The summed E-state index contributed by atoms with van der Waals surface area (Å²) in [6.07, 6.45) is -0.754. The van der Waals surface area contributed by atoms with Crippen molar-refractivity contribution in [2.24, 2.45) is 5.92 Å². The Morgan fingerprint density at radius 2 is 1.78 bits per heavy atom. The van der Waals surface area contributed by atoms with Gasteiger partial charge in [-0.25, -0.2) is 0 Å². The lowest BCUT2D eigenvalue weighted by Gasteiger charge is -2.18. The predicted octanol–water partition coefficient (Wildman–Crippen LogP) is 3.16. The minimum Gasteiger partial charge on any atom is -0.454 e. The fraction of sp³-hybridized carbons (Fsp3) is 0.318. The van der Waals surface area contributed by atoms with Crippen molar-refractivity contribution < 1.29 is 19.1 Å². The zero-order valence-corrected chi connectivity index (χ0v) is 15.6. The van der Waals surface area contributed by atoms with Gasteiger partial charge in [-0.1, -0.05) is 60.2 Å². The Morgan fingerprint density at radius 3 is 2.44 bits per heavy atom. The monoisotopic (exact) mass is 365 g/mol. The van der Waals surface area contributed by atoms with Crippen molar-refractivity contribution in [1.29, 1.82) is 0 Å². The van der Waals surface area contributed by atoms with Crippen LogP contribution in [0.25, 0.3) is 0 Å². The van der Waals surface area contributed by atoms with Crippen molar-refractivity contribution in [1.82, 2.24) is 4.90 Å². The molecule has 0 unspecified atom stereocenters. The highest BCUT2D eigenvalue weighted by Gasteiger charge is 2.36. The first kappa shape index (κ1) is 18.8. The molecule has 5 heteroatoms. The number of ether oxygens (including phenoxy) is 1. The molecule has 0 bridgehead atoms. The van der Waals surface area contributed by atoms with Gasteiger partial charge in [-0.05, 0) is 19.4 Å². The molecule has 0 radical (unpaired) electrons. The highest BCUT2D eigenvalue weighted by molar-refractivity contribution is 6.00. The number of benzene rings is 2. The summed E-state index contributed by atoms with van der Waals surface area (Å²) in [5.41, 5.74) is 2.58. The molecule has 140 valence electrons. The Kier molecular flexibility index (Phi) is 5.69. The van der Waals surface area contributed by atoms with E-state index in [0.717, 1.165) is 11.1 Å². The van der Waals surface area contributed by atoms with Crippen molar-refractivity contribution >= 4 is 17.7 Å². The lowest BCUT2D eigenvalue weighted by molar-refractivity contribution is -0.151. The number of esters is 1. The molecule has 2 aromatic rings. The number of ketones is 1. The van der Waals surface area contributed by atoms with Gasteiger partial charge in [0.05, 0.1) is 5.92 Å². The molecule has 0 spiro atoms. The largest absolute Gasteiger partial charge is 0.454 e. The van der Waals surface area contributed by atoms with E-state index in [1.807, 2.05) is 49.4 Å². The van der Waals surface area contributed by atoms with Gasteiger partial charge in [0.2, 0.25) is 11.7 Å². The van der Waals surface area contributed by atoms with Crippen molar-refractivity contribution in [3.8, 4) is 0 Å². The normalized spacial score (nSPS) is 17.6. The van der Waals surface area contributed by atoms with Gasteiger partial charge in [0.25, 0.3) is 0 Å². The van der Waals surface area contributed by atoms with E-state index in [2.05, 4.69) is 0 Å². The van der Waals surface area contributed by atoms with Crippen molar-refractivity contribution in [3.05, 3.63) is 71.3 Å². The van der Waals surface area contributed by atoms with Crippen LogP contribution in [0.4, 0.5) is 0 Å². The smallest absolute Gasteiger partial charge is 0.311 e. The maximum atomic E-state index is 12.4. The second kappa shape index (κ2) is 8.16. The third kappa shape index (κ3) is 4.61. The summed E-state index contributed by atoms with van der Waals surface area (Å²) in [7, 11) is 0. The molecule has 1 fully saturated rings. The Hall–Kier alpha value is -2.95. The second-order valence-electron chi connectivity index (χ2n) is 6.97. The lowest BCUT2D eigenvalue weighted by Crippen LogP contribution is -2.30. The molecule has 0 aliphatic carbocycles. The second-order valence-corrected chi connectivity index (χ2v) is 6.97. The molecule has 1 heterocycles. The van der Waals surface area contributed by atoms with Crippen LogP contribution in [0.3, 0.4) is 0 Å². The number of amides is 1. The average molecular weight is 365 g/mol. The summed E-state index contributed by atoms with van der Waals surface area (Å²) < 4.78 is 5.36. The quantitative estimate of drug-likeness (QED) is 0.583. The molecule has 1 saturated heterocycles. The van der Waals surface area contributed by atoms with Gasteiger partial charge in [0.15, 0.2) is 6.10 Å². The number of aryl methyl sites for hydroxylation is 1. The molecular formula is C22H23NO4. The first-order chi connectivity index (χ1) is 12.9. The molecule has 5 nitrogen and oxygen atoms in total. The average Bonchev–Trinajstić information content (AvgIpc) is 3.03. The summed E-state index contributed by atoms with van der Waals surface area (Å²) >= 11 is 0. The highest BCUT2D eigenvalue weighted by Crippen LogP contribution is 2.22. The summed E-state index contributed by atoms with van der Waals surface area (Å²) in [6, 6.07) is 16.8. The maximum Gasteiger partial charge on any atom is 0.311 e. The number of likely N-dealkylation sites (tertiary alicyclic amines) is 1. The van der Waals surface area contributed by atoms with E-state index in [4.69, 9.17) is 4.74 Å². The van der Waals surface area contributed by atoms with Crippen molar-refractivity contribution in [2.45, 2.75) is 32.9 Å². The van der Waals surface area contributed by atoms with Gasteiger partial charge in [-0.3, -0.25) is 14.4 Å². The van der Waals surface area contributed by atoms with E-state index in [1.165, 1.54) is 0 Å². The molecule has 1 aliphatic heterocycles. The summed E-state index contributed by atoms with van der Waals surface area (Å²) in [4.78, 5) is 38.7. The fourth-order valence-corrected chi connectivity index (χ4v) is 3.16. The number of hydrogen-bond donors (Lipinski definition) is 0. The molecule has 2 aromatic carbocycles. The number of carbonyl (C=O) groups excluding carboxylic acids is 3. The van der Waals surface area contributed by atoms with E-state index >= 15 is 0 Å². The number of nitrogens with zero attached hydrogens (tertiary/aromatic N) is 1. The van der Waals surface area contributed by atoms with E-state index in [0.29, 0.717) is 18.7 Å². The topological polar surface area (TPSA) is 63.7 Å². The Labute approximate surface area is 158 Å². The molecule has 3 rings (SSSR count). The van der Waals surface area contributed by atoms with E-state index in [-0.39, 0.29) is 18.1 Å². The Bertz CT molecular complexity index is 829. The van der Waals surface area contributed by atoms with Crippen LogP contribution in [0.2, 0.25) is 0 Å². The van der Waals surface area contributed by atoms with E-state index in [1.54, 1.807) is 24.0 Å². The summed E-state index contributed by atoms with van der Waals surface area (Å²) in [5, 5.41) is 0.